The molecule has 0 fully saturated rings. The maximum Gasteiger partial charge on any atom is 0.264 e. The van der Waals surface area contributed by atoms with Gasteiger partial charge in [-0.2, -0.15) is 0 Å². The van der Waals surface area contributed by atoms with Gasteiger partial charge >= 0.3 is 0 Å². The number of amides is 2. The summed E-state index contributed by atoms with van der Waals surface area (Å²) in [6.45, 7) is 1.03. The quantitative estimate of drug-likeness (QED) is 0.507. The molecule has 0 aromatic heterocycles. The summed E-state index contributed by atoms with van der Waals surface area (Å²) in [7, 11) is -2.62. The van der Waals surface area contributed by atoms with E-state index in [2.05, 4.69) is 5.32 Å². The Balaban J connectivity index is 1.98. The van der Waals surface area contributed by atoms with E-state index in [-0.39, 0.29) is 11.4 Å². The molecule has 0 heterocycles. The van der Waals surface area contributed by atoms with Crippen LogP contribution in [-0.2, 0) is 26.2 Å². The number of benzene rings is 3. The first-order chi connectivity index (χ1) is 16.2. The standard InChI is InChI=1S/C25H26FN3O4S/c1-19(25(31)27-2)28(17-20-13-15-21(26)16-14-20)24(30)18-29(22-9-5-3-6-10-22)34(32,33)23-11-7-4-8-12-23/h3-16,19H,17-18H2,1-2H3,(H,27,31)/t19-/m1/s1. The SMILES string of the molecule is CNC(=O)[C@@H](C)N(Cc1ccc(F)cc1)C(=O)CN(c1ccccc1)S(=O)(=O)c1ccccc1. The van der Waals surface area contributed by atoms with Crippen molar-refractivity contribution in [3.8, 4) is 0 Å². The Morgan fingerprint density at radius 2 is 1.47 bits per heavy atom. The largest absolute Gasteiger partial charge is 0.357 e. The van der Waals surface area contributed by atoms with E-state index in [4.69, 9.17) is 0 Å². The third kappa shape index (κ3) is 5.79. The molecule has 3 rings (SSSR count). The highest BCUT2D eigenvalue weighted by atomic mass is 32.2. The third-order valence-electron chi connectivity index (χ3n) is 5.33. The van der Waals surface area contributed by atoms with Gasteiger partial charge in [0.2, 0.25) is 11.8 Å². The summed E-state index contributed by atoms with van der Waals surface area (Å²) in [4.78, 5) is 27.2. The fourth-order valence-electron chi connectivity index (χ4n) is 3.42. The van der Waals surface area contributed by atoms with Gasteiger partial charge in [0.25, 0.3) is 10.0 Å². The second-order valence-corrected chi connectivity index (χ2v) is 9.46. The molecular formula is C25H26FN3O4S. The van der Waals surface area contributed by atoms with E-state index in [1.54, 1.807) is 55.5 Å². The van der Waals surface area contributed by atoms with Crippen LogP contribution in [0.5, 0.6) is 0 Å². The van der Waals surface area contributed by atoms with Crippen molar-refractivity contribution >= 4 is 27.5 Å². The number of sulfonamides is 1. The number of rotatable bonds is 9. The lowest BCUT2D eigenvalue weighted by Crippen LogP contribution is -2.50. The van der Waals surface area contributed by atoms with Gasteiger partial charge in [0.1, 0.15) is 18.4 Å². The number of likely N-dealkylation sites (N-methyl/N-ethyl adjacent to an activating group) is 1. The Morgan fingerprint density at radius 3 is 2.03 bits per heavy atom. The topological polar surface area (TPSA) is 86.8 Å². The van der Waals surface area contributed by atoms with Gasteiger partial charge < -0.3 is 10.2 Å². The van der Waals surface area contributed by atoms with Crippen LogP contribution in [0.4, 0.5) is 10.1 Å². The van der Waals surface area contributed by atoms with Crippen molar-refractivity contribution in [1.29, 1.82) is 0 Å². The minimum absolute atomic E-state index is 0.00170. The summed E-state index contributed by atoms with van der Waals surface area (Å²) in [5.41, 5.74) is 0.914. The van der Waals surface area contributed by atoms with Crippen molar-refractivity contribution in [3.05, 3.63) is 96.3 Å². The lowest BCUT2D eigenvalue weighted by Gasteiger charge is -2.31. The molecule has 0 bridgehead atoms. The molecule has 0 saturated carbocycles. The molecule has 3 aromatic rings. The Morgan fingerprint density at radius 1 is 0.912 bits per heavy atom. The minimum atomic E-state index is -4.08. The third-order valence-corrected chi connectivity index (χ3v) is 7.12. The van der Waals surface area contributed by atoms with Crippen LogP contribution in [0.3, 0.4) is 0 Å². The van der Waals surface area contributed by atoms with Gasteiger partial charge in [0.05, 0.1) is 10.6 Å². The minimum Gasteiger partial charge on any atom is -0.357 e. The van der Waals surface area contributed by atoms with Crippen LogP contribution in [-0.4, -0.2) is 44.8 Å². The van der Waals surface area contributed by atoms with E-state index >= 15 is 0 Å². The van der Waals surface area contributed by atoms with Crippen LogP contribution in [0, 0.1) is 5.82 Å². The number of para-hydroxylation sites is 1. The van der Waals surface area contributed by atoms with Crippen molar-refractivity contribution in [1.82, 2.24) is 10.2 Å². The van der Waals surface area contributed by atoms with E-state index < -0.39 is 40.2 Å². The molecule has 7 nitrogen and oxygen atoms in total. The molecule has 2 amide bonds. The molecule has 3 aromatic carbocycles. The van der Waals surface area contributed by atoms with Gasteiger partial charge in [0.15, 0.2) is 0 Å². The lowest BCUT2D eigenvalue weighted by atomic mass is 10.1. The average Bonchev–Trinajstić information content (AvgIpc) is 2.86. The molecule has 1 atom stereocenters. The van der Waals surface area contributed by atoms with E-state index in [0.717, 1.165) is 4.31 Å². The maximum atomic E-state index is 13.5. The molecule has 0 aliphatic heterocycles. The van der Waals surface area contributed by atoms with Gasteiger partial charge in [0, 0.05) is 13.6 Å². The first-order valence-corrected chi connectivity index (χ1v) is 12.1. The zero-order valence-corrected chi connectivity index (χ0v) is 19.7. The molecule has 178 valence electrons. The van der Waals surface area contributed by atoms with E-state index in [1.807, 2.05) is 0 Å². The second kappa shape index (κ2) is 10.9. The fraction of sp³-hybridized carbons (Fsp3) is 0.200. The molecule has 0 radical (unpaired) electrons. The highest BCUT2D eigenvalue weighted by Gasteiger charge is 2.32. The van der Waals surface area contributed by atoms with E-state index in [0.29, 0.717) is 11.3 Å². The lowest BCUT2D eigenvalue weighted by molar-refractivity contribution is -0.139. The smallest absolute Gasteiger partial charge is 0.264 e. The summed E-state index contributed by atoms with van der Waals surface area (Å²) in [5.74, 6) is -1.42. The average molecular weight is 484 g/mol. The summed E-state index contributed by atoms with van der Waals surface area (Å²) in [6.07, 6.45) is 0. The monoisotopic (exact) mass is 483 g/mol. The number of hydrogen-bond donors (Lipinski definition) is 1. The second-order valence-electron chi connectivity index (χ2n) is 7.60. The molecule has 0 saturated heterocycles. The first-order valence-electron chi connectivity index (χ1n) is 10.6. The Hall–Kier alpha value is -3.72. The van der Waals surface area contributed by atoms with Crippen LogP contribution in [0.2, 0.25) is 0 Å². The number of carbonyl (C=O) groups is 2. The van der Waals surface area contributed by atoms with Crippen molar-refractivity contribution in [3.63, 3.8) is 0 Å². The van der Waals surface area contributed by atoms with E-state index in [1.165, 1.54) is 48.3 Å². The fourth-order valence-corrected chi connectivity index (χ4v) is 4.86. The highest BCUT2D eigenvalue weighted by Crippen LogP contribution is 2.24. The molecule has 0 aliphatic rings. The first kappa shape index (κ1) is 24.9. The molecule has 0 aliphatic carbocycles. The number of nitrogens with one attached hydrogen (secondary N) is 1. The van der Waals surface area contributed by atoms with Crippen LogP contribution >= 0.6 is 0 Å². The number of nitrogens with zero attached hydrogens (tertiary/aromatic N) is 2. The molecule has 0 spiro atoms. The van der Waals surface area contributed by atoms with Crippen molar-refractivity contribution in [2.24, 2.45) is 0 Å². The highest BCUT2D eigenvalue weighted by molar-refractivity contribution is 7.92. The summed E-state index contributed by atoms with van der Waals surface area (Å²) in [6, 6.07) is 20.8. The van der Waals surface area contributed by atoms with Gasteiger partial charge in [-0.05, 0) is 48.9 Å². The number of carbonyl (C=O) groups excluding carboxylic acids is 2. The van der Waals surface area contributed by atoms with Crippen molar-refractivity contribution in [2.75, 3.05) is 17.9 Å². The zero-order valence-electron chi connectivity index (χ0n) is 18.9. The summed E-state index contributed by atoms with van der Waals surface area (Å²) in [5, 5.41) is 2.51. The Kier molecular flexibility index (Phi) is 8.01. The molecular weight excluding hydrogens is 457 g/mol. The van der Waals surface area contributed by atoms with Crippen LogP contribution in [0.15, 0.2) is 89.8 Å². The van der Waals surface area contributed by atoms with E-state index in [9.17, 15) is 22.4 Å². The molecule has 1 N–H and O–H groups in total. The number of anilines is 1. The van der Waals surface area contributed by atoms with Crippen LogP contribution < -0.4 is 9.62 Å². The van der Waals surface area contributed by atoms with Crippen molar-refractivity contribution < 1.29 is 22.4 Å². The number of halogens is 1. The predicted octanol–water partition coefficient (Wildman–Crippen LogP) is 3.18. The van der Waals surface area contributed by atoms with Crippen LogP contribution in [0.1, 0.15) is 12.5 Å². The summed E-state index contributed by atoms with van der Waals surface area (Å²) < 4.78 is 41.3. The normalized spacial score (nSPS) is 12.0. The zero-order chi connectivity index (χ0) is 24.7. The van der Waals surface area contributed by atoms with Gasteiger partial charge in [-0.25, -0.2) is 12.8 Å². The number of hydrogen-bond acceptors (Lipinski definition) is 4. The molecule has 0 unspecified atom stereocenters. The predicted molar refractivity (Wildman–Crippen MR) is 128 cm³/mol. The van der Waals surface area contributed by atoms with Crippen LogP contribution in [0.25, 0.3) is 0 Å². The summed E-state index contributed by atoms with van der Waals surface area (Å²) >= 11 is 0. The maximum absolute atomic E-state index is 13.5. The molecule has 9 heteroatoms. The Labute approximate surface area is 198 Å². The van der Waals surface area contributed by atoms with Gasteiger partial charge in [-0.3, -0.25) is 13.9 Å². The Bertz CT molecular complexity index is 1220. The van der Waals surface area contributed by atoms with Gasteiger partial charge in [-0.1, -0.05) is 48.5 Å². The van der Waals surface area contributed by atoms with Gasteiger partial charge in [-0.15, -0.1) is 0 Å². The molecule has 34 heavy (non-hydrogen) atoms. The van der Waals surface area contributed by atoms with Crippen molar-refractivity contribution in [2.45, 2.75) is 24.4 Å².